The van der Waals surface area contributed by atoms with E-state index in [1.54, 1.807) is 47.0 Å². The molecule has 3 rings (SSSR count). The smallest absolute Gasteiger partial charge is 0.237 e. The predicted octanol–water partition coefficient (Wildman–Crippen LogP) is 4.74. The molecule has 170 valence electrons. The van der Waals surface area contributed by atoms with Gasteiger partial charge in [-0.3, -0.25) is 4.79 Å². The van der Waals surface area contributed by atoms with Gasteiger partial charge >= 0.3 is 0 Å². The number of aryl methyl sites for hydroxylation is 1. The van der Waals surface area contributed by atoms with Crippen molar-refractivity contribution in [2.75, 3.05) is 5.32 Å². The number of aromatic nitrogens is 3. The second-order valence-electron chi connectivity index (χ2n) is 7.18. The Kier molecular flexibility index (Phi) is 7.97. The van der Waals surface area contributed by atoms with Crippen LogP contribution in [-0.4, -0.2) is 34.3 Å². The maximum Gasteiger partial charge on any atom is 0.237 e. The first kappa shape index (κ1) is 24.3. The average molecular weight is 493 g/mol. The van der Waals surface area contributed by atoms with Crippen LogP contribution in [0.1, 0.15) is 31.7 Å². The molecule has 3 aromatic rings. The Bertz CT molecular complexity index is 1200. The quantitative estimate of drug-likeness (QED) is 0.433. The number of thioether (sulfide) groups is 1. The number of benzene rings is 2. The third-order valence-corrected chi connectivity index (χ3v) is 8.11. The summed E-state index contributed by atoms with van der Waals surface area (Å²) in [6.45, 7) is 6.19. The van der Waals surface area contributed by atoms with Gasteiger partial charge in [0.05, 0.1) is 10.1 Å². The zero-order chi connectivity index (χ0) is 23.3. The molecule has 0 radical (unpaired) electrons. The molecular formula is C22H25ClN4O3S2. The van der Waals surface area contributed by atoms with Crippen LogP contribution in [0.25, 0.3) is 0 Å². The zero-order valence-electron chi connectivity index (χ0n) is 18.1. The fraction of sp³-hybridized carbons (Fsp3) is 0.318. The number of nitrogens with one attached hydrogen (secondary N) is 1. The van der Waals surface area contributed by atoms with Gasteiger partial charge in [0.2, 0.25) is 5.91 Å². The summed E-state index contributed by atoms with van der Waals surface area (Å²) < 4.78 is 27.3. The van der Waals surface area contributed by atoms with Crippen molar-refractivity contribution in [2.24, 2.45) is 0 Å². The lowest BCUT2D eigenvalue weighted by atomic mass is 10.2. The Hall–Kier alpha value is -2.36. The van der Waals surface area contributed by atoms with Gasteiger partial charge in [0.1, 0.15) is 11.6 Å². The van der Waals surface area contributed by atoms with E-state index in [9.17, 15) is 13.2 Å². The summed E-state index contributed by atoms with van der Waals surface area (Å²) in [5.74, 6) is -0.0879. The van der Waals surface area contributed by atoms with Crippen LogP contribution < -0.4 is 5.32 Å². The molecule has 1 unspecified atom stereocenters. The summed E-state index contributed by atoms with van der Waals surface area (Å²) in [6, 6.07) is 13.6. The average Bonchev–Trinajstić information content (AvgIpc) is 3.15. The highest BCUT2D eigenvalue weighted by Crippen LogP contribution is 2.28. The number of nitrogens with zero attached hydrogens (tertiary/aromatic N) is 3. The van der Waals surface area contributed by atoms with Gasteiger partial charge in [-0.05, 0) is 50.1 Å². The van der Waals surface area contributed by atoms with Crippen LogP contribution in [0, 0.1) is 6.92 Å². The standard InChI is InChI=1S/C22H25ClN4O3S2/c1-4-19(21(28)24-18-13-16(23)12-11-15(18)3)31-22-26-25-20(27(22)5-2)14-32(29,30)17-9-7-6-8-10-17/h6-13,19H,4-5,14H2,1-3H3,(H,24,28). The maximum absolute atomic E-state index is 12.9. The van der Waals surface area contributed by atoms with E-state index in [1.165, 1.54) is 11.8 Å². The fourth-order valence-electron chi connectivity index (χ4n) is 3.10. The summed E-state index contributed by atoms with van der Waals surface area (Å²) >= 11 is 7.33. The number of hydrogen-bond donors (Lipinski definition) is 1. The Labute approximate surface area is 197 Å². The van der Waals surface area contributed by atoms with Gasteiger partial charge in [0.25, 0.3) is 0 Å². The molecule has 1 N–H and O–H groups in total. The minimum Gasteiger partial charge on any atom is -0.325 e. The monoisotopic (exact) mass is 492 g/mol. The van der Waals surface area contributed by atoms with E-state index < -0.39 is 15.1 Å². The van der Waals surface area contributed by atoms with Gasteiger partial charge in [0, 0.05) is 17.3 Å². The van der Waals surface area contributed by atoms with Crippen LogP contribution in [-0.2, 0) is 26.9 Å². The minimum atomic E-state index is -3.56. The first-order chi connectivity index (χ1) is 15.2. The van der Waals surface area contributed by atoms with Crippen molar-refractivity contribution in [3.05, 3.63) is 64.9 Å². The molecule has 1 heterocycles. The first-order valence-corrected chi connectivity index (χ1v) is 13.1. The van der Waals surface area contributed by atoms with Crippen LogP contribution in [0.2, 0.25) is 5.02 Å². The normalized spacial score (nSPS) is 12.5. The first-order valence-electron chi connectivity index (χ1n) is 10.2. The van der Waals surface area contributed by atoms with Gasteiger partial charge in [0.15, 0.2) is 15.0 Å². The molecule has 0 aliphatic carbocycles. The Morgan fingerprint density at radius 3 is 2.53 bits per heavy atom. The van der Waals surface area contributed by atoms with Gasteiger partial charge in [-0.1, -0.05) is 54.6 Å². The number of carbonyl (C=O) groups excluding carboxylic acids is 1. The number of carbonyl (C=O) groups is 1. The largest absolute Gasteiger partial charge is 0.325 e. The van der Waals surface area contributed by atoms with Crippen molar-refractivity contribution in [1.29, 1.82) is 0 Å². The minimum absolute atomic E-state index is 0.174. The molecule has 0 saturated heterocycles. The van der Waals surface area contributed by atoms with Crippen LogP contribution in [0.15, 0.2) is 58.6 Å². The Morgan fingerprint density at radius 1 is 1.16 bits per heavy atom. The van der Waals surface area contributed by atoms with Gasteiger partial charge < -0.3 is 9.88 Å². The third kappa shape index (κ3) is 5.70. The zero-order valence-corrected chi connectivity index (χ0v) is 20.5. The maximum atomic E-state index is 12.9. The molecule has 1 amide bonds. The molecule has 0 spiro atoms. The second kappa shape index (κ2) is 10.5. The fourth-order valence-corrected chi connectivity index (χ4v) is 5.60. The highest BCUT2D eigenvalue weighted by Gasteiger charge is 2.25. The van der Waals surface area contributed by atoms with Crippen LogP contribution in [0.3, 0.4) is 0 Å². The van der Waals surface area contributed by atoms with Crippen molar-refractivity contribution >= 4 is 44.8 Å². The van der Waals surface area contributed by atoms with Gasteiger partial charge in [-0.15, -0.1) is 10.2 Å². The van der Waals surface area contributed by atoms with E-state index in [1.807, 2.05) is 26.8 Å². The number of sulfone groups is 1. The molecule has 0 aliphatic rings. The van der Waals surface area contributed by atoms with E-state index >= 15 is 0 Å². The van der Waals surface area contributed by atoms with Crippen molar-refractivity contribution in [2.45, 2.75) is 54.8 Å². The summed E-state index contributed by atoms with van der Waals surface area (Å²) in [6.07, 6.45) is 0.560. The Balaban J connectivity index is 1.78. The summed E-state index contributed by atoms with van der Waals surface area (Å²) in [5, 5.41) is 11.9. The van der Waals surface area contributed by atoms with Gasteiger partial charge in [-0.2, -0.15) is 0 Å². The highest BCUT2D eigenvalue weighted by molar-refractivity contribution is 8.00. The van der Waals surface area contributed by atoms with Crippen molar-refractivity contribution in [3.8, 4) is 0 Å². The second-order valence-corrected chi connectivity index (χ2v) is 10.8. The van der Waals surface area contributed by atoms with Gasteiger partial charge in [-0.25, -0.2) is 8.42 Å². The van der Waals surface area contributed by atoms with E-state index in [4.69, 9.17) is 11.6 Å². The molecular weight excluding hydrogens is 468 g/mol. The molecule has 0 bridgehead atoms. The van der Waals surface area contributed by atoms with Crippen molar-refractivity contribution < 1.29 is 13.2 Å². The van der Waals surface area contributed by atoms with Crippen molar-refractivity contribution in [3.63, 3.8) is 0 Å². The molecule has 0 fully saturated rings. The van der Waals surface area contributed by atoms with E-state index in [0.717, 1.165) is 5.56 Å². The van der Waals surface area contributed by atoms with Crippen molar-refractivity contribution in [1.82, 2.24) is 14.8 Å². The number of amides is 1. The van der Waals surface area contributed by atoms with E-state index in [0.29, 0.717) is 34.7 Å². The molecule has 2 aromatic carbocycles. The lowest BCUT2D eigenvalue weighted by molar-refractivity contribution is -0.115. The molecule has 0 saturated carbocycles. The molecule has 32 heavy (non-hydrogen) atoms. The summed E-state index contributed by atoms with van der Waals surface area (Å²) in [4.78, 5) is 13.1. The SMILES string of the molecule is CCC(Sc1nnc(CS(=O)(=O)c2ccccc2)n1CC)C(=O)Nc1cc(Cl)ccc1C. The summed E-state index contributed by atoms with van der Waals surface area (Å²) in [5.41, 5.74) is 1.57. The Morgan fingerprint density at radius 2 is 1.88 bits per heavy atom. The molecule has 1 atom stereocenters. The molecule has 10 heteroatoms. The number of rotatable bonds is 9. The number of hydrogen-bond acceptors (Lipinski definition) is 6. The number of anilines is 1. The van der Waals surface area contributed by atoms with E-state index in [-0.39, 0.29) is 16.6 Å². The van der Waals surface area contributed by atoms with Crippen LogP contribution in [0.5, 0.6) is 0 Å². The predicted molar refractivity (Wildman–Crippen MR) is 128 cm³/mol. The van der Waals surface area contributed by atoms with E-state index in [2.05, 4.69) is 15.5 Å². The lowest BCUT2D eigenvalue weighted by Gasteiger charge is -2.16. The third-order valence-electron chi connectivity index (χ3n) is 4.90. The highest BCUT2D eigenvalue weighted by atomic mass is 35.5. The number of halogens is 1. The lowest BCUT2D eigenvalue weighted by Crippen LogP contribution is -2.25. The van der Waals surface area contributed by atoms with Crippen LogP contribution >= 0.6 is 23.4 Å². The summed E-state index contributed by atoms with van der Waals surface area (Å²) in [7, 11) is -3.56. The van der Waals surface area contributed by atoms with Crippen LogP contribution in [0.4, 0.5) is 5.69 Å². The molecule has 1 aromatic heterocycles. The molecule has 0 aliphatic heterocycles. The topological polar surface area (TPSA) is 93.9 Å². The molecule has 7 nitrogen and oxygen atoms in total.